The summed E-state index contributed by atoms with van der Waals surface area (Å²) >= 11 is 13.3. The minimum atomic E-state index is -1.39. The summed E-state index contributed by atoms with van der Waals surface area (Å²) in [6.45, 7) is 2.09. The number of likely N-dealkylation sites (tertiary alicyclic amines) is 1. The van der Waals surface area contributed by atoms with Crippen molar-refractivity contribution in [3.63, 3.8) is 0 Å². The molecule has 3 amide bonds. The molecule has 2 fully saturated rings. The van der Waals surface area contributed by atoms with Crippen LogP contribution in [0.25, 0.3) is 21.9 Å². The first-order valence-electron chi connectivity index (χ1n) is 16.1. The van der Waals surface area contributed by atoms with Crippen molar-refractivity contribution in [2.24, 2.45) is 0 Å². The molecule has 16 heteroatoms. The third-order valence-electron chi connectivity index (χ3n) is 9.43. The van der Waals surface area contributed by atoms with Crippen molar-refractivity contribution < 1.29 is 33.3 Å². The van der Waals surface area contributed by atoms with Crippen LogP contribution in [0.4, 0.5) is 0 Å². The predicted molar refractivity (Wildman–Crippen MR) is 198 cm³/mol. The largest absolute Gasteiger partial charge is 0.496 e. The number of rotatable bonds is 10. The van der Waals surface area contributed by atoms with Crippen LogP contribution >= 0.6 is 37.9 Å². The van der Waals surface area contributed by atoms with E-state index in [1.54, 1.807) is 38.6 Å². The second-order valence-corrected chi connectivity index (χ2v) is 15.6. The van der Waals surface area contributed by atoms with Crippen molar-refractivity contribution in [1.82, 2.24) is 24.7 Å². The number of amides is 3. The van der Waals surface area contributed by atoms with Crippen molar-refractivity contribution in [2.75, 3.05) is 34.4 Å². The van der Waals surface area contributed by atoms with Crippen LogP contribution < -0.4 is 29.8 Å². The van der Waals surface area contributed by atoms with Gasteiger partial charge in [0, 0.05) is 67.6 Å². The average Bonchev–Trinajstić information content (AvgIpc) is 3.41. The first-order chi connectivity index (χ1) is 24.4. The molecule has 2 saturated heterocycles. The zero-order valence-electron chi connectivity index (χ0n) is 27.9. The highest BCUT2D eigenvalue weighted by Crippen LogP contribution is 2.41. The minimum absolute atomic E-state index is 0.0809. The van der Waals surface area contributed by atoms with Gasteiger partial charge < -0.3 is 23.8 Å². The standard InChI is InChI=1S/C35H35N5O8S3/c1-45-28-9-18(25-17-40(35(49,50)51)34(44)24-12-36-31(47-3)11-23(24)25)10-29(46-2)26(28)16-38-14-21(15-38)48-20-4-5-22-19(8-20)13-39(33(22)43)27-6-7-30(41)37-32(27)42/h4-5,8-12,17,21,27,49-51H,6-7,13-16H2,1-3H3,(H,37,41,42). The first-order valence-corrected chi connectivity index (χ1v) is 17.4. The van der Waals surface area contributed by atoms with E-state index in [4.69, 9.17) is 18.9 Å². The Bertz CT molecular complexity index is 2120. The lowest BCUT2D eigenvalue weighted by molar-refractivity contribution is -0.136. The maximum Gasteiger partial charge on any atom is 0.262 e. The first kappa shape index (κ1) is 35.0. The number of fused-ring (bicyclic) bond motifs is 2. The number of piperidine rings is 1. The Kier molecular flexibility index (Phi) is 9.37. The molecule has 5 heterocycles. The molecule has 1 unspecified atom stereocenters. The van der Waals surface area contributed by atoms with Crippen molar-refractivity contribution in [1.29, 1.82) is 0 Å². The van der Waals surface area contributed by atoms with E-state index in [1.165, 1.54) is 22.8 Å². The Labute approximate surface area is 309 Å². The molecule has 3 aliphatic rings. The van der Waals surface area contributed by atoms with Gasteiger partial charge in [0.25, 0.3) is 11.5 Å². The fourth-order valence-corrected chi connectivity index (χ4v) is 7.29. The molecule has 0 aliphatic carbocycles. The van der Waals surface area contributed by atoms with Gasteiger partial charge in [-0.15, -0.1) is 37.9 Å². The quantitative estimate of drug-likeness (QED) is 0.108. The van der Waals surface area contributed by atoms with Crippen LogP contribution in [0.2, 0.25) is 0 Å². The number of nitrogens with zero attached hydrogens (tertiary/aromatic N) is 4. The van der Waals surface area contributed by atoms with Crippen LogP contribution in [0.3, 0.4) is 0 Å². The highest BCUT2D eigenvalue weighted by atomic mass is 32.2. The van der Waals surface area contributed by atoms with E-state index in [1.807, 2.05) is 18.2 Å². The molecule has 0 saturated carbocycles. The lowest BCUT2D eigenvalue weighted by Gasteiger charge is -2.39. The Morgan fingerprint density at radius 3 is 2.29 bits per heavy atom. The van der Waals surface area contributed by atoms with E-state index in [0.29, 0.717) is 71.1 Å². The number of nitrogens with one attached hydrogen (secondary N) is 1. The molecule has 1 atom stereocenters. The molecule has 51 heavy (non-hydrogen) atoms. The average molecular weight is 750 g/mol. The van der Waals surface area contributed by atoms with Gasteiger partial charge in [-0.1, -0.05) is 0 Å². The smallest absolute Gasteiger partial charge is 0.262 e. The number of methoxy groups -OCH3 is 3. The van der Waals surface area contributed by atoms with Gasteiger partial charge in [0.1, 0.15) is 29.4 Å². The molecular weight excluding hydrogens is 715 g/mol. The number of thiol groups is 3. The van der Waals surface area contributed by atoms with Gasteiger partial charge in [0.15, 0.2) is 3.54 Å². The monoisotopic (exact) mass is 749 g/mol. The maximum absolute atomic E-state index is 13.3. The molecule has 13 nitrogen and oxygen atoms in total. The highest BCUT2D eigenvalue weighted by molar-refractivity contribution is 8.15. The zero-order chi connectivity index (χ0) is 36.2. The number of carbonyl (C=O) groups is 3. The van der Waals surface area contributed by atoms with Crippen molar-refractivity contribution in [3.8, 4) is 34.3 Å². The van der Waals surface area contributed by atoms with Gasteiger partial charge in [-0.3, -0.25) is 34.0 Å². The second-order valence-electron chi connectivity index (χ2n) is 12.6. The lowest BCUT2D eigenvalue weighted by atomic mass is 9.98. The maximum atomic E-state index is 13.3. The summed E-state index contributed by atoms with van der Waals surface area (Å²) in [5.74, 6) is 1.20. The van der Waals surface area contributed by atoms with Gasteiger partial charge >= 0.3 is 0 Å². The van der Waals surface area contributed by atoms with Gasteiger partial charge in [-0.05, 0) is 47.9 Å². The fourth-order valence-electron chi connectivity index (χ4n) is 6.84. The Balaban J connectivity index is 1.08. The Hall–Kier alpha value is -4.38. The van der Waals surface area contributed by atoms with Crippen LogP contribution in [0.1, 0.15) is 34.3 Å². The molecule has 0 spiro atoms. The second kappa shape index (κ2) is 13.6. The highest BCUT2D eigenvalue weighted by Gasteiger charge is 2.39. The topological polar surface area (TPSA) is 142 Å². The Morgan fingerprint density at radius 2 is 1.65 bits per heavy atom. The minimum Gasteiger partial charge on any atom is -0.496 e. The van der Waals surface area contributed by atoms with Crippen LogP contribution in [0.15, 0.2) is 53.6 Å². The molecule has 2 aromatic carbocycles. The van der Waals surface area contributed by atoms with Crippen molar-refractivity contribution in [2.45, 2.75) is 41.6 Å². The Morgan fingerprint density at radius 1 is 0.922 bits per heavy atom. The van der Waals surface area contributed by atoms with Gasteiger partial charge in [-0.25, -0.2) is 4.98 Å². The number of hydrogen-bond donors (Lipinski definition) is 4. The van der Waals surface area contributed by atoms with Crippen LogP contribution in [0, 0.1) is 0 Å². The SMILES string of the molecule is COc1cc2c(-c3cc(OC)c(CN4CC(Oc5ccc6c(c5)CN(C5CCC(=O)NC5=O)C6=O)C4)c(OC)c3)cn(C(S)(S)S)c(=O)c2cn1. The third-order valence-corrected chi connectivity index (χ3v) is 10.1. The van der Waals surface area contributed by atoms with Crippen LogP contribution in [0.5, 0.6) is 23.1 Å². The summed E-state index contributed by atoms with van der Waals surface area (Å²) in [6, 6.07) is 10.2. The molecule has 7 rings (SSSR count). The van der Waals surface area contributed by atoms with Gasteiger partial charge in [-0.2, -0.15) is 0 Å². The lowest BCUT2D eigenvalue weighted by Crippen LogP contribution is -2.53. The van der Waals surface area contributed by atoms with Gasteiger partial charge in [0.05, 0.1) is 32.3 Å². The molecule has 2 aromatic heterocycles. The molecule has 3 aliphatic heterocycles. The number of pyridine rings is 2. The number of benzene rings is 2. The molecule has 1 N–H and O–H groups in total. The molecule has 266 valence electrons. The summed E-state index contributed by atoms with van der Waals surface area (Å²) in [7, 11) is 4.70. The summed E-state index contributed by atoms with van der Waals surface area (Å²) in [4.78, 5) is 58.4. The molecule has 0 radical (unpaired) electrons. The van der Waals surface area contributed by atoms with Crippen LogP contribution in [-0.2, 0) is 26.2 Å². The summed E-state index contributed by atoms with van der Waals surface area (Å²) < 4.78 is 23.3. The third kappa shape index (κ3) is 6.61. The van der Waals surface area contributed by atoms with E-state index in [-0.39, 0.29) is 36.4 Å². The van der Waals surface area contributed by atoms with Crippen LogP contribution in [-0.4, -0.2) is 83.6 Å². The number of hydrogen-bond acceptors (Lipinski definition) is 13. The van der Waals surface area contributed by atoms with Gasteiger partial charge in [0.2, 0.25) is 17.7 Å². The molecular formula is C35H35N5O8S3. The molecule has 0 bridgehead atoms. The van der Waals surface area contributed by atoms with E-state index < -0.39 is 15.5 Å². The van der Waals surface area contributed by atoms with E-state index in [0.717, 1.165) is 16.7 Å². The van der Waals surface area contributed by atoms with E-state index in [9.17, 15) is 19.2 Å². The normalized spacial score (nSPS) is 18.0. The van der Waals surface area contributed by atoms with Crippen molar-refractivity contribution in [3.05, 3.63) is 75.8 Å². The summed E-state index contributed by atoms with van der Waals surface area (Å²) in [5.41, 5.74) is 3.19. The zero-order valence-corrected chi connectivity index (χ0v) is 30.6. The molecule has 4 aromatic rings. The fraction of sp³-hybridized carbons (Fsp3) is 0.343. The van der Waals surface area contributed by atoms with E-state index >= 15 is 0 Å². The van der Waals surface area contributed by atoms with E-state index in [2.05, 4.69) is 53.1 Å². The number of ether oxygens (including phenoxy) is 4. The number of aromatic nitrogens is 2. The summed E-state index contributed by atoms with van der Waals surface area (Å²) in [6.07, 6.45) is 3.54. The number of imide groups is 1. The summed E-state index contributed by atoms with van der Waals surface area (Å²) in [5, 5.41) is 3.28. The van der Waals surface area contributed by atoms with Crippen molar-refractivity contribution >= 4 is 66.4 Å². The number of carbonyl (C=O) groups excluding carboxylic acids is 3. The predicted octanol–water partition coefficient (Wildman–Crippen LogP) is 3.47.